The average molecular weight is 388 g/mol. The molecule has 0 atom stereocenters. The van der Waals surface area contributed by atoms with Crippen LogP contribution in [-0.4, -0.2) is 16.0 Å². The highest BCUT2D eigenvalue weighted by molar-refractivity contribution is 6.30. The maximum Gasteiger partial charge on any atom is 0.227 e. The number of nitrogens with one attached hydrogen (secondary N) is 1. The van der Waals surface area contributed by atoms with Crippen molar-refractivity contribution in [2.45, 2.75) is 32.6 Å². The summed E-state index contributed by atoms with van der Waals surface area (Å²) in [4.78, 5) is 16.3. The lowest BCUT2D eigenvalue weighted by Gasteiger charge is -2.05. The monoisotopic (exact) mass is 387 g/mol. The van der Waals surface area contributed by atoms with Crippen LogP contribution >= 0.6 is 11.6 Å². The SMILES string of the molecule is CC(C)c1ccc(-c2noc(CCC(=O)Nc3ccc(Cl)cc3F)n2)cc1. The Morgan fingerprint density at radius 1 is 1.22 bits per heavy atom. The number of anilines is 1. The van der Waals surface area contributed by atoms with Crippen LogP contribution in [0.15, 0.2) is 47.0 Å². The number of hydrogen-bond donors (Lipinski definition) is 1. The molecule has 0 saturated heterocycles. The van der Waals surface area contributed by atoms with Gasteiger partial charge in [-0.05, 0) is 29.7 Å². The van der Waals surface area contributed by atoms with Crippen molar-refractivity contribution in [2.24, 2.45) is 0 Å². The zero-order valence-corrected chi connectivity index (χ0v) is 15.8. The summed E-state index contributed by atoms with van der Waals surface area (Å²) in [7, 11) is 0. The van der Waals surface area contributed by atoms with Crippen LogP contribution in [0, 0.1) is 5.82 Å². The van der Waals surface area contributed by atoms with E-state index in [0.717, 1.165) is 11.6 Å². The molecule has 0 saturated carbocycles. The number of hydrogen-bond acceptors (Lipinski definition) is 4. The lowest BCUT2D eigenvalue weighted by atomic mass is 10.0. The predicted octanol–water partition coefficient (Wildman–Crippen LogP) is 5.22. The first-order valence-electron chi connectivity index (χ1n) is 8.60. The molecular formula is C20H19ClFN3O2. The summed E-state index contributed by atoms with van der Waals surface area (Å²) in [6.07, 6.45) is 0.355. The molecule has 0 spiro atoms. The van der Waals surface area contributed by atoms with E-state index in [-0.39, 0.29) is 29.5 Å². The molecule has 1 aromatic heterocycles. The lowest BCUT2D eigenvalue weighted by Crippen LogP contribution is -2.13. The second kappa shape index (κ2) is 8.31. The summed E-state index contributed by atoms with van der Waals surface area (Å²) in [6, 6.07) is 12.0. The van der Waals surface area contributed by atoms with Crippen LogP contribution in [0.2, 0.25) is 5.02 Å². The molecule has 0 unspecified atom stereocenters. The minimum atomic E-state index is -0.583. The van der Waals surface area contributed by atoms with Crippen molar-refractivity contribution in [2.75, 3.05) is 5.32 Å². The lowest BCUT2D eigenvalue weighted by molar-refractivity contribution is -0.116. The number of carbonyl (C=O) groups excluding carboxylic acids is 1. The minimum Gasteiger partial charge on any atom is -0.339 e. The molecule has 5 nitrogen and oxygen atoms in total. The Morgan fingerprint density at radius 2 is 1.96 bits per heavy atom. The van der Waals surface area contributed by atoms with Crippen LogP contribution in [0.3, 0.4) is 0 Å². The third-order valence-corrected chi connectivity index (χ3v) is 4.31. The van der Waals surface area contributed by atoms with Crippen LogP contribution in [0.5, 0.6) is 0 Å². The van der Waals surface area contributed by atoms with E-state index in [9.17, 15) is 9.18 Å². The molecule has 3 aromatic rings. The predicted molar refractivity (Wildman–Crippen MR) is 102 cm³/mol. The molecule has 0 aliphatic carbocycles. The van der Waals surface area contributed by atoms with Crippen molar-refractivity contribution >= 4 is 23.2 Å². The molecule has 1 amide bonds. The van der Waals surface area contributed by atoms with Gasteiger partial charge in [0.15, 0.2) is 0 Å². The Morgan fingerprint density at radius 3 is 2.63 bits per heavy atom. The van der Waals surface area contributed by atoms with Crippen LogP contribution in [-0.2, 0) is 11.2 Å². The highest BCUT2D eigenvalue weighted by atomic mass is 35.5. The number of aromatic nitrogens is 2. The number of rotatable bonds is 6. The quantitative estimate of drug-likeness (QED) is 0.629. The van der Waals surface area contributed by atoms with E-state index >= 15 is 0 Å². The first-order valence-corrected chi connectivity index (χ1v) is 8.98. The Kier molecular flexibility index (Phi) is 5.86. The fourth-order valence-corrected chi connectivity index (χ4v) is 2.67. The summed E-state index contributed by atoms with van der Waals surface area (Å²) >= 11 is 5.69. The Hall–Kier alpha value is -2.73. The number of carbonyl (C=O) groups is 1. The maximum atomic E-state index is 13.7. The van der Waals surface area contributed by atoms with Crippen LogP contribution in [0.25, 0.3) is 11.4 Å². The number of amides is 1. The van der Waals surface area contributed by atoms with Gasteiger partial charge in [-0.2, -0.15) is 4.98 Å². The Balaban J connectivity index is 1.58. The van der Waals surface area contributed by atoms with Crippen molar-refractivity contribution in [3.05, 3.63) is 64.8 Å². The first kappa shape index (κ1) is 19.0. The summed E-state index contributed by atoms with van der Waals surface area (Å²) in [5.74, 6) is 0.344. The minimum absolute atomic E-state index is 0.0841. The molecule has 0 bridgehead atoms. The molecule has 2 aromatic carbocycles. The highest BCUT2D eigenvalue weighted by Crippen LogP contribution is 2.21. The first-order chi connectivity index (χ1) is 12.9. The fourth-order valence-electron chi connectivity index (χ4n) is 2.51. The van der Waals surface area contributed by atoms with Gasteiger partial charge in [-0.25, -0.2) is 4.39 Å². The fraction of sp³-hybridized carbons (Fsp3) is 0.250. The maximum absolute atomic E-state index is 13.7. The van der Waals surface area contributed by atoms with Gasteiger partial charge in [-0.1, -0.05) is 54.9 Å². The normalized spacial score (nSPS) is 11.0. The van der Waals surface area contributed by atoms with Crippen LogP contribution < -0.4 is 5.32 Å². The van der Waals surface area contributed by atoms with Gasteiger partial charge in [0.25, 0.3) is 0 Å². The van der Waals surface area contributed by atoms with E-state index in [1.54, 1.807) is 0 Å². The molecule has 1 heterocycles. The molecule has 0 fully saturated rings. The van der Waals surface area contributed by atoms with E-state index in [1.807, 2.05) is 24.3 Å². The van der Waals surface area contributed by atoms with E-state index in [4.69, 9.17) is 16.1 Å². The molecule has 0 radical (unpaired) electrons. The molecule has 0 aliphatic heterocycles. The van der Waals surface area contributed by atoms with Gasteiger partial charge in [0.05, 0.1) is 5.69 Å². The average Bonchev–Trinajstić information content (AvgIpc) is 3.11. The molecule has 27 heavy (non-hydrogen) atoms. The topological polar surface area (TPSA) is 68.0 Å². The van der Waals surface area contributed by atoms with Crippen molar-refractivity contribution < 1.29 is 13.7 Å². The van der Waals surface area contributed by atoms with Crippen molar-refractivity contribution in [3.63, 3.8) is 0 Å². The van der Waals surface area contributed by atoms with Gasteiger partial charge in [0.1, 0.15) is 5.82 Å². The molecule has 0 aliphatic rings. The van der Waals surface area contributed by atoms with Crippen molar-refractivity contribution in [3.8, 4) is 11.4 Å². The second-order valence-electron chi connectivity index (χ2n) is 6.46. The molecule has 3 rings (SSSR count). The summed E-state index contributed by atoms with van der Waals surface area (Å²) in [6.45, 7) is 4.25. The number of aryl methyl sites for hydroxylation is 1. The smallest absolute Gasteiger partial charge is 0.227 e. The molecular weight excluding hydrogens is 369 g/mol. The number of benzene rings is 2. The van der Waals surface area contributed by atoms with E-state index in [2.05, 4.69) is 29.3 Å². The zero-order valence-electron chi connectivity index (χ0n) is 15.0. The highest BCUT2D eigenvalue weighted by Gasteiger charge is 2.12. The van der Waals surface area contributed by atoms with Gasteiger partial charge in [-0.3, -0.25) is 4.79 Å². The zero-order chi connectivity index (χ0) is 19.4. The molecule has 1 N–H and O–H groups in total. The van der Waals surface area contributed by atoms with Gasteiger partial charge in [0.2, 0.25) is 17.6 Å². The second-order valence-corrected chi connectivity index (χ2v) is 6.90. The van der Waals surface area contributed by atoms with Gasteiger partial charge in [0, 0.05) is 23.4 Å². The van der Waals surface area contributed by atoms with Crippen LogP contribution in [0.1, 0.15) is 37.6 Å². The molecule has 7 heteroatoms. The molecule has 140 valence electrons. The largest absolute Gasteiger partial charge is 0.339 e. The third kappa shape index (κ3) is 4.92. The Bertz CT molecular complexity index is 939. The number of nitrogens with zero attached hydrogens (tertiary/aromatic N) is 2. The summed E-state index contributed by atoms with van der Waals surface area (Å²) < 4.78 is 18.9. The standard InChI is InChI=1S/C20H19ClFN3O2/c1-12(2)13-3-5-14(6-4-13)20-24-19(27-25-20)10-9-18(26)23-17-8-7-15(21)11-16(17)22/h3-8,11-12H,9-10H2,1-2H3,(H,23,26). The Labute approximate surface area is 161 Å². The van der Waals surface area contributed by atoms with Gasteiger partial charge < -0.3 is 9.84 Å². The van der Waals surface area contributed by atoms with E-state index < -0.39 is 5.82 Å². The van der Waals surface area contributed by atoms with E-state index in [0.29, 0.717) is 17.6 Å². The van der Waals surface area contributed by atoms with Crippen LogP contribution in [0.4, 0.5) is 10.1 Å². The summed E-state index contributed by atoms with van der Waals surface area (Å²) in [5, 5.41) is 6.72. The van der Waals surface area contributed by atoms with Gasteiger partial charge in [-0.15, -0.1) is 0 Å². The van der Waals surface area contributed by atoms with E-state index in [1.165, 1.54) is 17.7 Å². The number of halogens is 2. The summed E-state index contributed by atoms with van der Waals surface area (Å²) in [5.41, 5.74) is 2.16. The third-order valence-electron chi connectivity index (χ3n) is 4.07. The van der Waals surface area contributed by atoms with Gasteiger partial charge >= 0.3 is 0 Å². The van der Waals surface area contributed by atoms with Crippen molar-refractivity contribution in [1.29, 1.82) is 0 Å². The van der Waals surface area contributed by atoms with Crippen molar-refractivity contribution in [1.82, 2.24) is 10.1 Å².